The smallest absolute Gasteiger partial charge is 0.362 e. The van der Waals surface area contributed by atoms with Crippen molar-refractivity contribution in [1.82, 2.24) is 14.9 Å². The quantitative estimate of drug-likeness (QED) is 0.824. The summed E-state index contributed by atoms with van der Waals surface area (Å²) in [6.45, 7) is 2.31. The highest BCUT2D eigenvalue weighted by Gasteiger charge is 2.19. The number of esters is 1. The van der Waals surface area contributed by atoms with Crippen molar-refractivity contribution in [2.45, 2.75) is 13.5 Å². The zero-order chi connectivity index (χ0) is 15.1. The molecule has 0 unspecified atom stereocenters. The molecule has 1 aromatic heterocycles. The Balaban J connectivity index is 1.91. The molecule has 0 saturated carbocycles. The highest BCUT2D eigenvalue weighted by atomic mass is 32.1. The first-order valence-electron chi connectivity index (χ1n) is 6.29. The van der Waals surface area contributed by atoms with Gasteiger partial charge >= 0.3 is 12.0 Å². The summed E-state index contributed by atoms with van der Waals surface area (Å²) in [5, 5.41) is 9.15. The molecule has 0 radical (unpaired) electrons. The van der Waals surface area contributed by atoms with Gasteiger partial charge < -0.3 is 10.1 Å². The monoisotopic (exact) mass is 306 g/mol. The highest BCUT2D eigenvalue weighted by Crippen LogP contribution is 2.18. The molecule has 110 valence electrons. The van der Waals surface area contributed by atoms with Crippen LogP contribution in [0.1, 0.15) is 23.0 Å². The van der Waals surface area contributed by atoms with E-state index in [9.17, 15) is 9.59 Å². The van der Waals surface area contributed by atoms with Gasteiger partial charge in [-0.2, -0.15) is 0 Å². The van der Waals surface area contributed by atoms with E-state index in [-0.39, 0.29) is 17.3 Å². The van der Waals surface area contributed by atoms with Gasteiger partial charge in [-0.25, -0.2) is 9.59 Å². The molecule has 1 heterocycles. The Morgan fingerprint density at radius 2 is 2.05 bits per heavy atom. The summed E-state index contributed by atoms with van der Waals surface area (Å²) in [6.07, 6.45) is 0. The van der Waals surface area contributed by atoms with Crippen LogP contribution in [0, 0.1) is 0 Å². The van der Waals surface area contributed by atoms with Crippen LogP contribution in [0.3, 0.4) is 0 Å². The zero-order valence-corrected chi connectivity index (χ0v) is 12.1. The number of ether oxygens (including phenoxy) is 1. The fourth-order valence-electron chi connectivity index (χ4n) is 1.53. The summed E-state index contributed by atoms with van der Waals surface area (Å²) in [5.41, 5.74) is 0.984. The first-order chi connectivity index (χ1) is 10.2. The molecule has 0 saturated heterocycles. The van der Waals surface area contributed by atoms with Crippen molar-refractivity contribution in [3.63, 3.8) is 0 Å². The third-order valence-corrected chi connectivity index (χ3v) is 3.12. The van der Waals surface area contributed by atoms with Crippen LogP contribution in [-0.4, -0.2) is 28.2 Å². The van der Waals surface area contributed by atoms with Crippen LogP contribution in [-0.2, 0) is 11.3 Å². The van der Waals surface area contributed by atoms with Crippen LogP contribution < -0.4 is 10.6 Å². The Morgan fingerprint density at radius 3 is 2.76 bits per heavy atom. The van der Waals surface area contributed by atoms with Crippen LogP contribution in [0.25, 0.3) is 0 Å². The third kappa shape index (κ3) is 4.25. The number of carbonyl (C=O) groups excluding carboxylic acids is 2. The molecule has 1 aromatic carbocycles. The van der Waals surface area contributed by atoms with E-state index in [0.717, 1.165) is 17.1 Å². The molecule has 0 atom stereocenters. The highest BCUT2D eigenvalue weighted by molar-refractivity contribution is 7.10. The number of hydrogen-bond acceptors (Lipinski definition) is 6. The zero-order valence-electron chi connectivity index (χ0n) is 11.3. The van der Waals surface area contributed by atoms with Gasteiger partial charge in [-0.1, -0.05) is 34.8 Å². The number of anilines is 1. The van der Waals surface area contributed by atoms with Crippen molar-refractivity contribution < 1.29 is 14.3 Å². The van der Waals surface area contributed by atoms with Crippen molar-refractivity contribution in [2.75, 3.05) is 11.9 Å². The molecule has 8 heteroatoms. The minimum Gasteiger partial charge on any atom is -0.461 e. The number of nitrogens with one attached hydrogen (secondary N) is 2. The SMILES string of the molecule is CCOC(=O)c1nnsc1NC(=O)NCc1ccccc1. The average molecular weight is 306 g/mol. The third-order valence-electron chi connectivity index (χ3n) is 2.48. The van der Waals surface area contributed by atoms with Gasteiger partial charge in [-0.05, 0) is 12.5 Å². The van der Waals surface area contributed by atoms with E-state index < -0.39 is 12.0 Å². The molecule has 0 aliphatic rings. The molecule has 21 heavy (non-hydrogen) atoms. The average Bonchev–Trinajstić information content (AvgIpc) is 2.95. The Hall–Kier alpha value is -2.48. The summed E-state index contributed by atoms with van der Waals surface area (Å²) in [5.74, 6) is -0.607. The molecule has 2 amide bonds. The van der Waals surface area contributed by atoms with E-state index >= 15 is 0 Å². The van der Waals surface area contributed by atoms with Gasteiger partial charge in [-0.15, -0.1) is 5.10 Å². The van der Waals surface area contributed by atoms with Crippen LogP contribution in [0.15, 0.2) is 30.3 Å². The second-order valence-electron chi connectivity index (χ2n) is 3.96. The topological polar surface area (TPSA) is 93.2 Å². The molecule has 0 aliphatic heterocycles. The van der Waals surface area contributed by atoms with Crippen LogP contribution in [0.2, 0.25) is 0 Å². The van der Waals surface area contributed by atoms with Crippen LogP contribution >= 0.6 is 11.5 Å². The van der Waals surface area contributed by atoms with E-state index in [2.05, 4.69) is 20.2 Å². The standard InChI is InChI=1S/C13H14N4O3S/c1-2-20-12(18)10-11(21-17-16-10)15-13(19)14-8-9-6-4-3-5-7-9/h3-7H,2,8H2,1H3,(H2,14,15,19). The molecule has 2 N–H and O–H groups in total. The molecule has 0 spiro atoms. The maximum absolute atomic E-state index is 11.8. The van der Waals surface area contributed by atoms with Gasteiger partial charge in [0.2, 0.25) is 5.69 Å². The van der Waals surface area contributed by atoms with Crippen LogP contribution in [0.5, 0.6) is 0 Å². The lowest BCUT2D eigenvalue weighted by atomic mass is 10.2. The maximum Gasteiger partial charge on any atom is 0.362 e. The van der Waals surface area contributed by atoms with Gasteiger partial charge in [0, 0.05) is 18.1 Å². The summed E-state index contributed by atoms with van der Waals surface area (Å²) in [7, 11) is 0. The molecule has 2 rings (SSSR count). The van der Waals surface area contributed by atoms with Gasteiger partial charge in [0.25, 0.3) is 0 Å². The number of amides is 2. The van der Waals surface area contributed by atoms with E-state index in [1.807, 2.05) is 30.3 Å². The van der Waals surface area contributed by atoms with Crippen molar-refractivity contribution in [3.8, 4) is 0 Å². The van der Waals surface area contributed by atoms with Crippen molar-refractivity contribution in [2.24, 2.45) is 0 Å². The lowest BCUT2D eigenvalue weighted by Crippen LogP contribution is -2.28. The Labute approximate surface area is 125 Å². The Morgan fingerprint density at radius 1 is 1.29 bits per heavy atom. The van der Waals surface area contributed by atoms with Crippen molar-refractivity contribution >= 4 is 28.5 Å². The minimum atomic E-state index is -0.607. The van der Waals surface area contributed by atoms with E-state index in [1.165, 1.54) is 0 Å². The molecule has 0 fully saturated rings. The number of aromatic nitrogens is 2. The second-order valence-corrected chi connectivity index (χ2v) is 4.72. The van der Waals surface area contributed by atoms with Gasteiger partial charge in [0.05, 0.1) is 6.61 Å². The lowest BCUT2D eigenvalue weighted by molar-refractivity contribution is 0.0520. The predicted molar refractivity (Wildman–Crippen MR) is 78.2 cm³/mol. The molecular formula is C13H14N4O3S. The minimum absolute atomic E-state index is 0.0108. The molecule has 7 nitrogen and oxygen atoms in total. The molecule has 2 aromatic rings. The van der Waals surface area contributed by atoms with Crippen LogP contribution in [0.4, 0.5) is 9.80 Å². The fourth-order valence-corrected chi connectivity index (χ4v) is 2.08. The van der Waals surface area contributed by atoms with E-state index in [1.54, 1.807) is 6.92 Å². The summed E-state index contributed by atoms with van der Waals surface area (Å²) in [6, 6.07) is 9.05. The maximum atomic E-state index is 11.8. The largest absolute Gasteiger partial charge is 0.461 e. The second kappa shape index (κ2) is 7.34. The number of carbonyl (C=O) groups is 2. The summed E-state index contributed by atoms with van der Waals surface area (Å²) >= 11 is 0.920. The van der Waals surface area contributed by atoms with E-state index in [0.29, 0.717) is 6.54 Å². The van der Waals surface area contributed by atoms with Crippen molar-refractivity contribution in [3.05, 3.63) is 41.6 Å². The predicted octanol–water partition coefficient (Wildman–Crippen LogP) is 2.04. The summed E-state index contributed by atoms with van der Waals surface area (Å²) < 4.78 is 8.48. The normalized spacial score (nSPS) is 9.95. The number of nitrogens with zero attached hydrogens (tertiary/aromatic N) is 2. The van der Waals surface area contributed by atoms with Gasteiger partial charge in [0.1, 0.15) is 0 Å². The van der Waals surface area contributed by atoms with Gasteiger partial charge in [0.15, 0.2) is 5.00 Å². The Bertz CT molecular complexity index is 615. The number of rotatable bonds is 5. The van der Waals surface area contributed by atoms with E-state index in [4.69, 9.17) is 4.74 Å². The van der Waals surface area contributed by atoms with Crippen molar-refractivity contribution in [1.29, 1.82) is 0 Å². The molecule has 0 aliphatic carbocycles. The summed E-state index contributed by atoms with van der Waals surface area (Å²) in [4.78, 5) is 23.4. The first kappa shape index (κ1) is 14.9. The number of hydrogen-bond donors (Lipinski definition) is 2. The molecular weight excluding hydrogens is 292 g/mol. The fraction of sp³-hybridized carbons (Fsp3) is 0.231. The number of urea groups is 1. The van der Waals surface area contributed by atoms with Gasteiger partial charge in [-0.3, -0.25) is 5.32 Å². The lowest BCUT2D eigenvalue weighted by Gasteiger charge is -2.06. The first-order valence-corrected chi connectivity index (χ1v) is 7.06. The Kier molecular flexibility index (Phi) is 5.22. The molecule has 0 bridgehead atoms. The number of benzene rings is 1.